The lowest BCUT2D eigenvalue weighted by Gasteiger charge is -2.54. The molecule has 172 valence electrons. The third kappa shape index (κ3) is 4.92. The maximum atomic E-state index is 14.2. The van der Waals surface area contributed by atoms with Crippen LogP contribution in [-0.4, -0.2) is 16.8 Å². The van der Waals surface area contributed by atoms with Crippen LogP contribution in [0.5, 0.6) is 0 Å². The number of likely N-dealkylation sites (tertiary alicyclic amines) is 1. The van der Waals surface area contributed by atoms with E-state index >= 15 is 0 Å². The highest BCUT2D eigenvalue weighted by atomic mass is 35.5. The first-order valence-electron chi connectivity index (χ1n) is 11.5. The van der Waals surface area contributed by atoms with Crippen molar-refractivity contribution in [1.29, 1.82) is 0 Å². The van der Waals surface area contributed by atoms with Crippen LogP contribution in [0.15, 0.2) is 61.2 Å². The molecule has 0 N–H and O–H groups in total. The number of benzene rings is 2. The number of halogens is 2. The molecule has 2 nitrogen and oxygen atoms in total. The molecule has 1 heterocycles. The fraction of sp³-hybridized carbons (Fsp3) is 0.464. The minimum Gasteiger partial charge on any atom is -0.331 e. The molecule has 0 radical (unpaired) electrons. The number of hydrogen-bond donors (Lipinski definition) is 0. The van der Waals surface area contributed by atoms with Crippen LogP contribution < -0.4 is 0 Å². The molecule has 3 rings (SSSR count). The van der Waals surface area contributed by atoms with Gasteiger partial charge < -0.3 is 4.90 Å². The first-order valence-corrected chi connectivity index (χ1v) is 12.2. The number of piperidine rings is 1. The Morgan fingerprint density at radius 1 is 1.12 bits per heavy atom. The quantitative estimate of drug-likeness (QED) is 0.386. The summed E-state index contributed by atoms with van der Waals surface area (Å²) in [6.45, 7) is 14.9. The van der Waals surface area contributed by atoms with Crippen LogP contribution in [0.25, 0.3) is 0 Å². The third-order valence-electron chi connectivity index (χ3n) is 6.91. The highest BCUT2D eigenvalue weighted by molar-refractivity contribution is 6.30. The summed E-state index contributed by atoms with van der Waals surface area (Å²) >= 11 is 12.7. The van der Waals surface area contributed by atoms with Crippen molar-refractivity contribution in [3.8, 4) is 0 Å². The van der Waals surface area contributed by atoms with Gasteiger partial charge in [0.1, 0.15) is 0 Å². The molecule has 0 aliphatic carbocycles. The monoisotopic (exact) mass is 471 g/mol. The van der Waals surface area contributed by atoms with Crippen molar-refractivity contribution in [1.82, 2.24) is 4.90 Å². The molecule has 4 heteroatoms. The molecule has 1 saturated heterocycles. The molecule has 1 aliphatic heterocycles. The van der Waals surface area contributed by atoms with E-state index in [0.29, 0.717) is 16.5 Å². The first-order chi connectivity index (χ1) is 15.0. The van der Waals surface area contributed by atoms with E-state index in [-0.39, 0.29) is 29.3 Å². The van der Waals surface area contributed by atoms with Gasteiger partial charge in [-0.3, -0.25) is 4.79 Å². The Morgan fingerprint density at radius 3 is 2.31 bits per heavy atom. The van der Waals surface area contributed by atoms with E-state index in [2.05, 4.69) is 70.4 Å². The molecule has 0 bridgehead atoms. The van der Waals surface area contributed by atoms with Gasteiger partial charge in [-0.05, 0) is 60.1 Å². The zero-order valence-corrected chi connectivity index (χ0v) is 21.4. The lowest BCUT2D eigenvalue weighted by atomic mass is 9.66. The average Bonchev–Trinajstić information content (AvgIpc) is 2.71. The van der Waals surface area contributed by atoms with Crippen LogP contribution in [0, 0.1) is 10.8 Å². The first kappa shape index (κ1) is 24.9. The normalized spacial score (nSPS) is 25.0. The van der Waals surface area contributed by atoms with Crippen molar-refractivity contribution < 1.29 is 4.79 Å². The van der Waals surface area contributed by atoms with Crippen LogP contribution in [0.2, 0.25) is 10.0 Å². The maximum Gasteiger partial charge on any atom is 0.229 e. The number of allylic oxidation sites excluding steroid dienone is 1. The van der Waals surface area contributed by atoms with E-state index in [1.54, 1.807) is 0 Å². The van der Waals surface area contributed by atoms with E-state index < -0.39 is 5.41 Å². The minimum atomic E-state index is -0.518. The average molecular weight is 473 g/mol. The maximum absolute atomic E-state index is 14.2. The molecule has 0 spiro atoms. The Morgan fingerprint density at radius 2 is 1.78 bits per heavy atom. The third-order valence-corrected chi connectivity index (χ3v) is 7.39. The summed E-state index contributed by atoms with van der Waals surface area (Å²) < 4.78 is 0. The Balaban J connectivity index is 2.27. The van der Waals surface area contributed by atoms with Crippen LogP contribution in [0.1, 0.15) is 77.0 Å². The fourth-order valence-electron chi connectivity index (χ4n) is 5.46. The molecule has 0 saturated carbocycles. The van der Waals surface area contributed by atoms with Crippen LogP contribution in [0.3, 0.4) is 0 Å². The molecular formula is C28H35Cl2NO. The van der Waals surface area contributed by atoms with Crippen molar-refractivity contribution in [3.05, 3.63) is 82.4 Å². The summed E-state index contributed by atoms with van der Waals surface area (Å²) in [5.74, 6) is 0.311. The van der Waals surface area contributed by atoms with Crippen molar-refractivity contribution in [3.63, 3.8) is 0 Å². The van der Waals surface area contributed by atoms with Gasteiger partial charge in [0.2, 0.25) is 5.91 Å². The second-order valence-electron chi connectivity index (χ2n) is 10.4. The predicted molar refractivity (Wildman–Crippen MR) is 136 cm³/mol. The number of nitrogens with zero attached hydrogens (tertiary/aromatic N) is 1. The van der Waals surface area contributed by atoms with Gasteiger partial charge in [-0.2, -0.15) is 0 Å². The summed E-state index contributed by atoms with van der Waals surface area (Å²) in [6, 6.07) is 16.1. The standard InChI is InChI=1S/C28H35Cl2NO/c1-7-16-28(6)18-23(20-10-9-11-22(30)17-20)25(19-12-14-21(29)15-13-19)31(26(28)32)24(8-2)27(3,4)5/h7,9-15,17,23-25H,1,8,16,18H2,2-6H3/t23-,24+,25-,28+/m1/s1. The predicted octanol–water partition coefficient (Wildman–Crippen LogP) is 8.46. The SMILES string of the molecule is C=CC[C@@]1(C)C[C@H](c2cccc(Cl)c2)[C@@H](c2ccc(Cl)cc2)N([C@@H](CC)C(C)(C)C)C1=O. The Labute approximate surface area is 203 Å². The molecule has 32 heavy (non-hydrogen) atoms. The second kappa shape index (κ2) is 9.61. The number of hydrogen-bond acceptors (Lipinski definition) is 1. The molecular weight excluding hydrogens is 437 g/mol. The molecule has 4 atom stereocenters. The lowest BCUT2D eigenvalue weighted by Crippen LogP contribution is -2.58. The fourth-order valence-corrected chi connectivity index (χ4v) is 5.78. The molecule has 0 unspecified atom stereocenters. The van der Waals surface area contributed by atoms with E-state index in [1.165, 1.54) is 0 Å². The lowest BCUT2D eigenvalue weighted by molar-refractivity contribution is -0.158. The molecule has 0 aromatic heterocycles. The highest BCUT2D eigenvalue weighted by Crippen LogP contribution is 2.53. The second-order valence-corrected chi connectivity index (χ2v) is 11.3. The molecule has 2 aromatic carbocycles. The highest BCUT2D eigenvalue weighted by Gasteiger charge is 2.52. The van der Waals surface area contributed by atoms with Gasteiger partial charge in [0, 0.05) is 22.0 Å². The van der Waals surface area contributed by atoms with Crippen LogP contribution in [-0.2, 0) is 4.79 Å². The van der Waals surface area contributed by atoms with Gasteiger partial charge in [0.15, 0.2) is 0 Å². The van der Waals surface area contributed by atoms with Crippen molar-refractivity contribution in [2.24, 2.45) is 10.8 Å². The molecule has 1 aliphatic rings. The Bertz CT molecular complexity index is 962. The van der Waals surface area contributed by atoms with Gasteiger partial charge in [-0.1, -0.05) is 88.2 Å². The van der Waals surface area contributed by atoms with Crippen LogP contribution in [0.4, 0.5) is 0 Å². The van der Waals surface area contributed by atoms with Crippen molar-refractivity contribution in [2.45, 2.75) is 71.9 Å². The topological polar surface area (TPSA) is 20.3 Å². The van der Waals surface area contributed by atoms with Gasteiger partial charge in [0.25, 0.3) is 0 Å². The van der Waals surface area contributed by atoms with E-state index in [9.17, 15) is 4.79 Å². The zero-order valence-electron chi connectivity index (χ0n) is 19.9. The Kier molecular flexibility index (Phi) is 7.47. The molecule has 1 fully saturated rings. The van der Waals surface area contributed by atoms with Gasteiger partial charge in [0.05, 0.1) is 11.5 Å². The molecule has 2 aromatic rings. The Hall–Kier alpha value is -1.77. The zero-order chi connectivity index (χ0) is 23.7. The smallest absolute Gasteiger partial charge is 0.229 e. The van der Waals surface area contributed by atoms with Gasteiger partial charge in [-0.15, -0.1) is 6.58 Å². The van der Waals surface area contributed by atoms with Gasteiger partial charge in [-0.25, -0.2) is 0 Å². The van der Waals surface area contributed by atoms with Crippen LogP contribution >= 0.6 is 23.2 Å². The minimum absolute atomic E-state index is 0.0691. The summed E-state index contributed by atoms with van der Waals surface area (Å²) in [5, 5.41) is 1.41. The van der Waals surface area contributed by atoms with Gasteiger partial charge >= 0.3 is 0 Å². The van der Waals surface area contributed by atoms with E-state index in [0.717, 1.165) is 24.0 Å². The summed E-state index contributed by atoms with van der Waals surface area (Å²) in [7, 11) is 0. The van der Waals surface area contributed by atoms with E-state index in [1.807, 2.05) is 30.3 Å². The number of amides is 1. The summed E-state index contributed by atoms with van der Waals surface area (Å²) in [4.78, 5) is 16.4. The number of rotatable bonds is 6. The van der Waals surface area contributed by atoms with Crippen molar-refractivity contribution >= 4 is 29.1 Å². The largest absolute Gasteiger partial charge is 0.331 e. The molecule has 1 amide bonds. The van der Waals surface area contributed by atoms with E-state index in [4.69, 9.17) is 23.2 Å². The number of carbonyl (C=O) groups excluding carboxylic acids is 1. The van der Waals surface area contributed by atoms with Crippen molar-refractivity contribution in [2.75, 3.05) is 0 Å². The summed E-state index contributed by atoms with van der Waals surface area (Å²) in [5.41, 5.74) is 1.68. The summed E-state index contributed by atoms with van der Waals surface area (Å²) in [6.07, 6.45) is 4.15. The number of carbonyl (C=O) groups is 1.